The van der Waals surface area contributed by atoms with Crippen molar-refractivity contribution in [2.24, 2.45) is 0 Å². The fourth-order valence-electron chi connectivity index (χ4n) is 7.17. The van der Waals surface area contributed by atoms with Gasteiger partial charge >= 0.3 is 24.3 Å². The number of anilines is 2. The van der Waals surface area contributed by atoms with Crippen molar-refractivity contribution in [3.8, 4) is 23.1 Å². The zero-order valence-corrected chi connectivity index (χ0v) is 29.2. The molecule has 1 aromatic carbocycles. The topological polar surface area (TPSA) is 177 Å². The van der Waals surface area contributed by atoms with E-state index in [0.717, 1.165) is 13.0 Å². The number of methoxy groups -OCH3 is 1. The molecule has 21 heteroatoms. The predicted octanol–water partition coefficient (Wildman–Crippen LogP) is 6.78. The van der Waals surface area contributed by atoms with Crippen LogP contribution >= 0.6 is 0 Å². The van der Waals surface area contributed by atoms with Gasteiger partial charge in [0.2, 0.25) is 5.88 Å². The number of nitrogens with one attached hydrogen (secondary N) is 2. The number of aryl methyl sites for hydroxylation is 1. The quantitative estimate of drug-likeness (QED) is 0.122. The van der Waals surface area contributed by atoms with E-state index in [1.54, 1.807) is 19.1 Å². The van der Waals surface area contributed by atoms with Crippen LogP contribution in [-0.4, -0.2) is 90.8 Å². The minimum absolute atomic E-state index is 0.00714. The molecule has 0 saturated carbocycles. The second-order valence-corrected chi connectivity index (χ2v) is 13.1. The molecular weight excluding hydrogens is 750 g/mol. The van der Waals surface area contributed by atoms with Gasteiger partial charge in [0.25, 0.3) is 0 Å². The van der Waals surface area contributed by atoms with E-state index in [0.29, 0.717) is 18.5 Å². The Balaban J connectivity index is 0.000000672. The largest absolute Gasteiger partial charge is 0.490 e. The van der Waals surface area contributed by atoms with Gasteiger partial charge in [-0.05, 0) is 50.9 Å². The Bertz CT molecular complexity index is 2250. The second-order valence-electron chi connectivity index (χ2n) is 13.1. The van der Waals surface area contributed by atoms with Crippen molar-refractivity contribution in [3.05, 3.63) is 53.1 Å². The smallest absolute Gasteiger partial charge is 0.480 e. The van der Waals surface area contributed by atoms with Crippen LogP contribution in [0.3, 0.4) is 0 Å². The Labute approximate surface area is 306 Å². The highest BCUT2D eigenvalue weighted by Gasteiger charge is 2.49. The number of hydrogen-bond acceptors (Lipinski definition) is 11. The molecular formula is C34H33F8N9O4. The molecule has 13 nitrogen and oxygen atoms in total. The number of carboxylic acid groups (broad SMARTS) is 1. The number of H-pyrrole nitrogens is 1. The Morgan fingerprint density at radius 2 is 1.95 bits per heavy atom. The van der Waals surface area contributed by atoms with Gasteiger partial charge in [0.1, 0.15) is 41.0 Å². The molecule has 0 amide bonds. The summed E-state index contributed by atoms with van der Waals surface area (Å²) in [5.41, 5.74) is 3.63. The number of alkyl halides is 7. The molecule has 4 aromatic heterocycles. The third-order valence-corrected chi connectivity index (χ3v) is 9.55. The maximum atomic E-state index is 16.9. The number of aliphatic carboxylic acids is 1. The molecule has 294 valence electrons. The van der Waals surface area contributed by atoms with Crippen LogP contribution in [0.25, 0.3) is 33.1 Å². The number of fused-ring (bicyclic) bond motifs is 3. The highest BCUT2D eigenvalue weighted by Crippen LogP contribution is 2.46. The molecule has 55 heavy (non-hydrogen) atoms. The summed E-state index contributed by atoms with van der Waals surface area (Å²) in [5, 5.41) is 16.8. The first-order valence-corrected chi connectivity index (χ1v) is 16.6. The maximum Gasteiger partial charge on any atom is 0.490 e. The lowest BCUT2D eigenvalue weighted by Gasteiger charge is -2.30. The number of benzene rings is 1. The van der Waals surface area contributed by atoms with Gasteiger partial charge in [-0.3, -0.25) is 10.00 Å². The molecule has 0 bridgehead atoms. The van der Waals surface area contributed by atoms with Gasteiger partial charge in [-0.15, -0.1) is 0 Å². The third kappa shape index (κ3) is 7.56. The Kier molecular flexibility index (Phi) is 10.4. The molecule has 2 saturated heterocycles. The number of rotatable bonds is 8. The van der Waals surface area contributed by atoms with Crippen molar-refractivity contribution < 1.29 is 54.5 Å². The molecule has 7 rings (SSSR count). The van der Waals surface area contributed by atoms with Crippen LogP contribution in [0, 0.1) is 12.7 Å². The minimum atomic E-state index is -5.08. The number of pyridine rings is 2. The number of ether oxygens (including phenoxy) is 2. The van der Waals surface area contributed by atoms with Crippen molar-refractivity contribution in [2.75, 3.05) is 37.9 Å². The number of nitrogens with zero attached hydrogens (tertiary/aromatic N) is 6. The van der Waals surface area contributed by atoms with E-state index in [1.165, 1.54) is 32.5 Å². The van der Waals surface area contributed by atoms with Gasteiger partial charge in [-0.1, -0.05) is 6.07 Å². The molecule has 2 fully saturated rings. The monoisotopic (exact) mass is 783 g/mol. The zero-order valence-electron chi connectivity index (χ0n) is 29.2. The highest BCUT2D eigenvalue weighted by molar-refractivity contribution is 6.01. The van der Waals surface area contributed by atoms with Gasteiger partial charge < -0.3 is 25.6 Å². The standard InChI is InChI=1S/C32H32F5N9O2.C2HF3O2/c1-15-10-20-19(12-40-45-20)21(23(15)32(35,36)37)25-24(34)26-22(29(42-25)47-3)28(41-16(2)18-6-4-8-39-27(18)38)44-30(43-26)48-14-31-7-5-9-46(31)13-17(33)11-31;3-2(4,5)1(6)7/h4,6,8,10,12,16-17H,5,7,9,11,13-14H2,1-3H3,(H2,38,39)(H,40,45)(H,41,43,44);(H,6,7)/t16-,17-,31+;/m1./s1. The summed E-state index contributed by atoms with van der Waals surface area (Å²) in [4.78, 5) is 28.3. The number of nitrogen functional groups attached to an aromatic ring is 1. The fourth-order valence-corrected chi connectivity index (χ4v) is 7.17. The molecule has 0 spiro atoms. The SMILES string of the molecule is COc1nc(-c2c(C(F)(F)F)c(C)cc3[nH]ncc23)c(F)c2nc(OC[C@@]34CCCN3C[C@H](F)C4)nc(N[C@H](C)c3cccnc3N)c12.O=C(O)C(F)(F)F. The van der Waals surface area contributed by atoms with Gasteiger partial charge in [0.15, 0.2) is 5.82 Å². The normalized spacial score (nSPS) is 19.2. The lowest BCUT2D eigenvalue weighted by atomic mass is 9.94. The van der Waals surface area contributed by atoms with Crippen LogP contribution in [-0.2, 0) is 11.0 Å². The average molecular weight is 784 g/mol. The summed E-state index contributed by atoms with van der Waals surface area (Å²) in [5.74, 6) is -3.86. The summed E-state index contributed by atoms with van der Waals surface area (Å²) >= 11 is 0. The van der Waals surface area contributed by atoms with Crippen LogP contribution in [0.2, 0.25) is 0 Å². The number of carboxylic acids is 1. The minimum Gasteiger partial charge on any atom is -0.480 e. The number of aromatic nitrogens is 6. The molecule has 6 heterocycles. The van der Waals surface area contributed by atoms with Crippen LogP contribution < -0.4 is 20.5 Å². The number of nitrogens with two attached hydrogens (primary N) is 1. The predicted molar refractivity (Wildman–Crippen MR) is 182 cm³/mol. The zero-order chi connectivity index (χ0) is 40.0. The summed E-state index contributed by atoms with van der Waals surface area (Å²) < 4.78 is 119. The lowest BCUT2D eigenvalue weighted by molar-refractivity contribution is -0.192. The van der Waals surface area contributed by atoms with Crippen molar-refractivity contribution in [1.29, 1.82) is 0 Å². The summed E-state index contributed by atoms with van der Waals surface area (Å²) in [7, 11) is 1.26. The highest BCUT2D eigenvalue weighted by atomic mass is 19.4. The van der Waals surface area contributed by atoms with Gasteiger partial charge in [-0.2, -0.15) is 41.4 Å². The van der Waals surface area contributed by atoms with Crippen molar-refractivity contribution >= 4 is 39.4 Å². The van der Waals surface area contributed by atoms with E-state index < -0.39 is 64.2 Å². The first kappa shape index (κ1) is 39.1. The summed E-state index contributed by atoms with van der Waals surface area (Å²) in [6, 6.07) is 3.95. The Morgan fingerprint density at radius 1 is 1.22 bits per heavy atom. The van der Waals surface area contributed by atoms with Crippen LogP contribution in [0.1, 0.15) is 48.9 Å². The van der Waals surface area contributed by atoms with Crippen LogP contribution in [0.15, 0.2) is 30.6 Å². The van der Waals surface area contributed by atoms with E-state index in [-0.39, 0.29) is 58.4 Å². The number of aromatic amines is 1. The molecule has 0 unspecified atom stereocenters. The second kappa shape index (κ2) is 14.6. The first-order chi connectivity index (χ1) is 25.8. The number of halogens is 8. The molecule has 2 aliphatic rings. The van der Waals surface area contributed by atoms with E-state index in [4.69, 9.17) is 25.1 Å². The first-order valence-electron chi connectivity index (χ1n) is 16.6. The fraction of sp³-hybridized carbons (Fsp3) is 0.412. The Morgan fingerprint density at radius 3 is 2.60 bits per heavy atom. The maximum absolute atomic E-state index is 16.9. The van der Waals surface area contributed by atoms with E-state index in [1.807, 2.05) is 4.90 Å². The van der Waals surface area contributed by atoms with Gasteiger partial charge in [0.05, 0.1) is 36.0 Å². The number of hydrogen-bond donors (Lipinski definition) is 4. The lowest BCUT2D eigenvalue weighted by Crippen LogP contribution is -2.43. The number of carbonyl (C=O) groups is 1. The summed E-state index contributed by atoms with van der Waals surface area (Å²) in [6.07, 6.45) is -6.40. The third-order valence-electron chi connectivity index (χ3n) is 9.55. The van der Waals surface area contributed by atoms with Crippen molar-refractivity contribution in [3.63, 3.8) is 0 Å². The molecule has 5 N–H and O–H groups in total. The average Bonchev–Trinajstić information content (AvgIpc) is 3.81. The van der Waals surface area contributed by atoms with Crippen LogP contribution in [0.5, 0.6) is 11.9 Å². The molecule has 2 aliphatic heterocycles. The molecule has 5 aromatic rings. The van der Waals surface area contributed by atoms with Gasteiger partial charge in [0, 0.05) is 35.7 Å². The molecule has 0 aliphatic carbocycles. The summed E-state index contributed by atoms with van der Waals surface area (Å²) in [6.45, 7) is 4.10. The van der Waals surface area contributed by atoms with E-state index >= 15 is 4.39 Å². The van der Waals surface area contributed by atoms with E-state index in [2.05, 4.69) is 35.5 Å². The van der Waals surface area contributed by atoms with Crippen molar-refractivity contribution in [2.45, 2.75) is 63.2 Å². The Hall–Kier alpha value is -5.60. The van der Waals surface area contributed by atoms with E-state index in [9.17, 15) is 30.7 Å². The van der Waals surface area contributed by atoms with Crippen LogP contribution in [0.4, 0.5) is 46.8 Å². The molecule has 3 atom stereocenters. The van der Waals surface area contributed by atoms with Gasteiger partial charge in [-0.25, -0.2) is 23.5 Å². The van der Waals surface area contributed by atoms with Crippen molar-refractivity contribution in [1.82, 2.24) is 35.0 Å². The molecule has 0 radical (unpaired) electrons.